The van der Waals surface area contributed by atoms with Crippen LogP contribution in [0, 0.1) is 17.5 Å². The molecule has 3 aromatic rings. The van der Waals surface area contributed by atoms with Gasteiger partial charge in [0.25, 0.3) is 5.91 Å². The highest BCUT2D eigenvalue weighted by molar-refractivity contribution is 5.94. The first-order valence-electron chi connectivity index (χ1n) is 7.49. The lowest BCUT2D eigenvalue weighted by atomic mass is 10.1. The highest BCUT2D eigenvalue weighted by Crippen LogP contribution is 2.20. The van der Waals surface area contributed by atoms with Gasteiger partial charge in [0.2, 0.25) is 0 Å². The Morgan fingerprint density at radius 2 is 1.80 bits per heavy atom. The van der Waals surface area contributed by atoms with Crippen molar-refractivity contribution < 1.29 is 22.5 Å². The van der Waals surface area contributed by atoms with E-state index in [1.54, 1.807) is 6.07 Å². The van der Waals surface area contributed by atoms with Crippen LogP contribution in [-0.4, -0.2) is 17.6 Å². The van der Waals surface area contributed by atoms with E-state index in [9.17, 15) is 18.0 Å². The molecule has 0 unspecified atom stereocenters. The molecule has 128 valence electrons. The molecule has 0 spiro atoms. The van der Waals surface area contributed by atoms with E-state index in [2.05, 4.69) is 10.5 Å². The lowest BCUT2D eigenvalue weighted by Crippen LogP contribution is -2.27. The maximum Gasteiger partial charge on any atom is 0.254 e. The number of nitrogens with one attached hydrogen (secondary N) is 1. The molecule has 0 saturated carbocycles. The zero-order valence-electron chi connectivity index (χ0n) is 12.9. The molecule has 3 rings (SSSR count). The van der Waals surface area contributed by atoms with Crippen molar-refractivity contribution in [1.82, 2.24) is 10.5 Å². The highest BCUT2D eigenvalue weighted by Gasteiger charge is 2.18. The summed E-state index contributed by atoms with van der Waals surface area (Å²) in [5.74, 6) is -4.76. The van der Waals surface area contributed by atoms with Crippen molar-refractivity contribution in [1.29, 1.82) is 0 Å². The fourth-order valence-electron chi connectivity index (χ4n) is 2.27. The molecule has 25 heavy (non-hydrogen) atoms. The van der Waals surface area contributed by atoms with E-state index in [1.165, 1.54) is 0 Å². The molecule has 0 bridgehead atoms. The van der Waals surface area contributed by atoms with Gasteiger partial charge >= 0.3 is 0 Å². The van der Waals surface area contributed by atoms with Gasteiger partial charge in [0.1, 0.15) is 0 Å². The van der Waals surface area contributed by atoms with Gasteiger partial charge in [0.05, 0.1) is 11.3 Å². The van der Waals surface area contributed by atoms with E-state index in [0.29, 0.717) is 23.9 Å². The predicted molar refractivity (Wildman–Crippen MR) is 84.3 cm³/mol. The number of aromatic nitrogens is 1. The lowest BCUT2D eigenvalue weighted by molar-refractivity contribution is 0.0948. The van der Waals surface area contributed by atoms with Crippen LogP contribution in [-0.2, 0) is 6.42 Å². The smallest absolute Gasteiger partial charge is 0.254 e. The summed E-state index contributed by atoms with van der Waals surface area (Å²) in [4.78, 5) is 11.9. The molecule has 0 aliphatic rings. The Bertz CT molecular complexity index is 895. The van der Waals surface area contributed by atoms with Gasteiger partial charge in [-0.15, -0.1) is 0 Å². The molecule has 0 saturated heterocycles. The van der Waals surface area contributed by atoms with Gasteiger partial charge in [-0.3, -0.25) is 4.79 Å². The van der Waals surface area contributed by atoms with Gasteiger partial charge in [-0.2, -0.15) is 0 Å². The molecule has 1 aromatic heterocycles. The quantitative estimate of drug-likeness (QED) is 0.716. The van der Waals surface area contributed by atoms with Crippen molar-refractivity contribution in [2.24, 2.45) is 0 Å². The second-order valence-corrected chi connectivity index (χ2v) is 5.28. The number of benzene rings is 2. The summed E-state index contributed by atoms with van der Waals surface area (Å²) < 4.78 is 44.8. The summed E-state index contributed by atoms with van der Waals surface area (Å²) in [5, 5.41) is 6.33. The number of nitrogens with zero attached hydrogens (tertiary/aromatic N) is 1. The molecule has 7 heteroatoms. The minimum atomic E-state index is -1.67. The average molecular weight is 346 g/mol. The van der Waals surface area contributed by atoms with Crippen molar-refractivity contribution in [3.8, 4) is 11.3 Å². The van der Waals surface area contributed by atoms with Crippen molar-refractivity contribution >= 4 is 5.91 Å². The van der Waals surface area contributed by atoms with Crippen LogP contribution < -0.4 is 5.32 Å². The van der Waals surface area contributed by atoms with E-state index >= 15 is 0 Å². The first-order chi connectivity index (χ1) is 12.1. The minimum Gasteiger partial charge on any atom is -0.356 e. The Morgan fingerprint density at radius 3 is 2.56 bits per heavy atom. The van der Waals surface area contributed by atoms with E-state index in [-0.39, 0.29) is 6.54 Å². The number of hydrogen-bond donors (Lipinski definition) is 1. The number of carbonyl (C=O) groups is 1. The zero-order chi connectivity index (χ0) is 17.8. The maximum absolute atomic E-state index is 13.6. The summed E-state index contributed by atoms with van der Waals surface area (Å²) in [6.07, 6.45) is 0.341. The Hall–Kier alpha value is -3.09. The predicted octanol–water partition coefficient (Wildman–Crippen LogP) is 3.73. The molecule has 1 N–H and O–H groups in total. The van der Waals surface area contributed by atoms with Crippen LogP contribution >= 0.6 is 0 Å². The third-order valence-corrected chi connectivity index (χ3v) is 3.56. The monoisotopic (exact) mass is 346 g/mol. The van der Waals surface area contributed by atoms with Crippen molar-refractivity contribution in [2.75, 3.05) is 6.54 Å². The van der Waals surface area contributed by atoms with Gasteiger partial charge in [0, 0.05) is 24.6 Å². The zero-order valence-corrected chi connectivity index (χ0v) is 12.9. The van der Waals surface area contributed by atoms with E-state index in [4.69, 9.17) is 4.52 Å². The SMILES string of the molecule is O=C(NCCc1cc(-c2ccccc2)on1)c1ccc(F)c(F)c1F. The van der Waals surface area contributed by atoms with Crippen molar-refractivity contribution in [3.63, 3.8) is 0 Å². The number of hydrogen-bond acceptors (Lipinski definition) is 3. The molecule has 2 aromatic carbocycles. The summed E-state index contributed by atoms with van der Waals surface area (Å²) in [6.45, 7) is 0.137. The number of rotatable bonds is 5. The molecule has 0 aliphatic heterocycles. The Labute approximate surface area is 141 Å². The van der Waals surface area contributed by atoms with Crippen LogP contribution in [0.3, 0.4) is 0 Å². The fourth-order valence-corrected chi connectivity index (χ4v) is 2.27. The first-order valence-corrected chi connectivity index (χ1v) is 7.49. The van der Waals surface area contributed by atoms with Gasteiger partial charge in [0.15, 0.2) is 23.2 Å². The number of halogens is 3. The highest BCUT2D eigenvalue weighted by atomic mass is 19.2. The van der Waals surface area contributed by atoms with E-state index in [0.717, 1.165) is 11.6 Å². The fraction of sp³-hybridized carbons (Fsp3) is 0.111. The van der Waals surface area contributed by atoms with Gasteiger partial charge in [-0.25, -0.2) is 13.2 Å². The molecule has 0 radical (unpaired) electrons. The standard InChI is InChI=1S/C18H13F3N2O2/c19-14-7-6-13(16(20)17(14)21)18(24)22-9-8-12-10-15(25-23-12)11-4-2-1-3-5-11/h1-7,10H,8-9H2,(H,22,24). The average Bonchev–Trinajstić information content (AvgIpc) is 3.09. The molecular formula is C18H13F3N2O2. The van der Waals surface area contributed by atoms with Crippen LogP contribution in [0.5, 0.6) is 0 Å². The number of carbonyl (C=O) groups excluding carboxylic acids is 1. The van der Waals surface area contributed by atoms with Crippen LogP contribution in [0.1, 0.15) is 16.1 Å². The summed E-state index contributed by atoms with van der Waals surface area (Å²) in [7, 11) is 0. The molecule has 1 amide bonds. The third-order valence-electron chi connectivity index (χ3n) is 3.56. The van der Waals surface area contributed by atoms with Crippen LogP contribution in [0.4, 0.5) is 13.2 Å². The normalized spacial score (nSPS) is 10.7. The Kier molecular flexibility index (Phi) is 4.83. The second kappa shape index (κ2) is 7.21. The third kappa shape index (κ3) is 3.71. The largest absolute Gasteiger partial charge is 0.356 e. The minimum absolute atomic E-state index is 0.137. The van der Waals surface area contributed by atoms with E-state index < -0.39 is 28.9 Å². The molecule has 0 atom stereocenters. The van der Waals surface area contributed by atoms with Gasteiger partial charge in [-0.05, 0) is 12.1 Å². The molecule has 1 heterocycles. The van der Waals surface area contributed by atoms with Gasteiger partial charge in [-0.1, -0.05) is 35.5 Å². The van der Waals surface area contributed by atoms with Crippen molar-refractivity contribution in [3.05, 3.63) is 77.2 Å². The Balaban J connectivity index is 1.59. The van der Waals surface area contributed by atoms with Gasteiger partial charge < -0.3 is 9.84 Å². The van der Waals surface area contributed by atoms with E-state index in [1.807, 2.05) is 30.3 Å². The summed E-state index contributed by atoms with van der Waals surface area (Å²) >= 11 is 0. The number of amides is 1. The maximum atomic E-state index is 13.6. The first kappa shape index (κ1) is 16.8. The summed E-state index contributed by atoms with van der Waals surface area (Å²) in [6, 6.07) is 12.7. The topological polar surface area (TPSA) is 55.1 Å². The summed E-state index contributed by atoms with van der Waals surface area (Å²) in [5.41, 5.74) is 0.920. The van der Waals surface area contributed by atoms with Crippen molar-refractivity contribution in [2.45, 2.75) is 6.42 Å². The molecule has 0 aliphatic carbocycles. The van der Waals surface area contributed by atoms with Crippen LogP contribution in [0.15, 0.2) is 53.1 Å². The lowest BCUT2D eigenvalue weighted by Gasteiger charge is -2.05. The molecular weight excluding hydrogens is 333 g/mol. The molecule has 4 nitrogen and oxygen atoms in total. The Morgan fingerprint density at radius 1 is 1.04 bits per heavy atom. The van der Waals surface area contributed by atoms with Crippen LogP contribution in [0.25, 0.3) is 11.3 Å². The second-order valence-electron chi connectivity index (χ2n) is 5.28. The molecule has 0 fully saturated rings. The van der Waals surface area contributed by atoms with Crippen LogP contribution in [0.2, 0.25) is 0 Å².